The molecule has 0 unspecified atom stereocenters. The third-order valence-corrected chi connectivity index (χ3v) is 2.31. The first kappa shape index (κ1) is 9.91. The van der Waals surface area contributed by atoms with Gasteiger partial charge in [-0.3, -0.25) is 4.68 Å². The van der Waals surface area contributed by atoms with Crippen LogP contribution in [0, 0.1) is 0 Å². The zero-order valence-corrected chi connectivity index (χ0v) is 9.19. The molecule has 15 heavy (non-hydrogen) atoms. The molecule has 7 heteroatoms. The molecule has 0 spiro atoms. The summed E-state index contributed by atoms with van der Waals surface area (Å²) in [6.45, 7) is 0. The molecule has 0 aromatic carbocycles. The summed E-state index contributed by atoms with van der Waals surface area (Å²) in [5.74, 6) is 0.724. The number of hydrogen-bond acceptors (Lipinski definition) is 6. The van der Waals surface area contributed by atoms with Crippen LogP contribution in [0.3, 0.4) is 0 Å². The molecular weight excluding hydrogens is 212 g/mol. The number of thioether (sulfide) groups is 1. The lowest BCUT2D eigenvalue weighted by Crippen LogP contribution is -2.01. The molecule has 0 amide bonds. The Bertz CT molecular complexity index is 480. The summed E-state index contributed by atoms with van der Waals surface area (Å²) in [6, 6.07) is 1.83. The van der Waals surface area contributed by atoms with Gasteiger partial charge in [0.2, 0.25) is 5.95 Å². The molecular formula is C8H10N6S. The molecule has 0 aliphatic heterocycles. The Hall–Kier alpha value is -1.63. The predicted molar refractivity (Wildman–Crippen MR) is 58.2 cm³/mol. The first-order valence-electron chi connectivity index (χ1n) is 4.24. The molecule has 2 N–H and O–H groups in total. The summed E-state index contributed by atoms with van der Waals surface area (Å²) < 4.78 is 1.69. The van der Waals surface area contributed by atoms with Crippen molar-refractivity contribution >= 4 is 17.7 Å². The van der Waals surface area contributed by atoms with Gasteiger partial charge in [0, 0.05) is 13.2 Å². The van der Waals surface area contributed by atoms with Crippen molar-refractivity contribution in [1.82, 2.24) is 24.7 Å². The maximum atomic E-state index is 5.57. The average Bonchev–Trinajstić information content (AvgIpc) is 2.64. The van der Waals surface area contributed by atoms with Crippen molar-refractivity contribution in [2.75, 3.05) is 12.0 Å². The molecule has 0 bridgehead atoms. The van der Waals surface area contributed by atoms with Crippen molar-refractivity contribution in [3.05, 3.63) is 12.3 Å². The van der Waals surface area contributed by atoms with E-state index in [0.717, 1.165) is 0 Å². The molecule has 78 valence electrons. The minimum atomic E-state index is 0.218. The van der Waals surface area contributed by atoms with Gasteiger partial charge in [-0.2, -0.15) is 15.1 Å². The van der Waals surface area contributed by atoms with Gasteiger partial charge in [-0.25, -0.2) is 4.98 Å². The highest BCUT2D eigenvalue weighted by Crippen LogP contribution is 2.16. The Kier molecular flexibility index (Phi) is 2.55. The molecule has 0 saturated heterocycles. The Morgan fingerprint density at radius 3 is 2.73 bits per heavy atom. The molecule has 0 fully saturated rings. The van der Waals surface area contributed by atoms with Gasteiger partial charge in [0.15, 0.2) is 11.0 Å². The summed E-state index contributed by atoms with van der Waals surface area (Å²) in [6.07, 6.45) is 3.71. The summed E-state index contributed by atoms with van der Waals surface area (Å²) in [4.78, 5) is 12.2. The highest BCUT2D eigenvalue weighted by molar-refractivity contribution is 7.98. The van der Waals surface area contributed by atoms with Crippen LogP contribution < -0.4 is 5.73 Å². The summed E-state index contributed by atoms with van der Waals surface area (Å²) in [7, 11) is 1.84. The van der Waals surface area contributed by atoms with Gasteiger partial charge < -0.3 is 5.73 Å². The van der Waals surface area contributed by atoms with Gasteiger partial charge in [0.1, 0.15) is 5.69 Å². The van der Waals surface area contributed by atoms with Crippen molar-refractivity contribution in [3.8, 4) is 11.5 Å². The topological polar surface area (TPSA) is 82.5 Å². The van der Waals surface area contributed by atoms with Crippen molar-refractivity contribution in [2.24, 2.45) is 7.05 Å². The van der Waals surface area contributed by atoms with Gasteiger partial charge in [-0.05, 0) is 12.3 Å². The van der Waals surface area contributed by atoms with Gasteiger partial charge in [-0.15, -0.1) is 0 Å². The molecule has 0 saturated carbocycles. The van der Waals surface area contributed by atoms with Gasteiger partial charge in [-0.1, -0.05) is 11.8 Å². The number of nitrogens with zero attached hydrogens (tertiary/aromatic N) is 5. The van der Waals surface area contributed by atoms with E-state index in [9.17, 15) is 0 Å². The maximum absolute atomic E-state index is 5.57. The van der Waals surface area contributed by atoms with E-state index in [1.807, 2.05) is 25.6 Å². The minimum Gasteiger partial charge on any atom is -0.368 e. The minimum absolute atomic E-state index is 0.218. The normalized spacial score (nSPS) is 10.5. The lowest BCUT2D eigenvalue weighted by atomic mass is 10.4. The standard InChI is InChI=1S/C8H10N6S/c1-14-4-3-5(13-14)6-10-7(9)12-8(11-6)15-2/h3-4H,1-2H3,(H2,9,10,11,12). The van der Waals surface area contributed by atoms with E-state index in [2.05, 4.69) is 20.1 Å². The molecule has 2 heterocycles. The zero-order chi connectivity index (χ0) is 10.8. The highest BCUT2D eigenvalue weighted by Gasteiger charge is 2.08. The lowest BCUT2D eigenvalue weighted by Gasteiger charge is -1.99. The molecule has 0 atom stereocenters. The van der Waals surface area contributed by atoms with E-state index in [1.54, 1.807) is 4.68 Å². The monoisotopic (exact) mass is 222 g/mol. The molecule has 2 rings (SSSR count). The Balaban J connectivity index is 2.48. The second-order valence-electron chi connectivity index (χ2n) is 2.88. The third kappa shape index (κ3) is 2.07. The Morgan fingerprint density at radius 1 is 1.33 bits per heavy atom. The molecule has 0 aliphatic rings. The molecule has 2 aromatic heterocycles. The number of anilines is 1. The van der Waals surface area contributed by atoms with E-state index < -0.39 is 0 Å². The van der Waals surface area contributed by atoms with E-state index in [-0.39, 0.29) is 5.95 Å². The lowest BCUT2D eigenvalue weighted by molar-refractivity contribution is 0.766. The number of rotatable bonds is 2. The Morgan fingerprint density at radius 2 is 2.13 bits per heavy atom. The third-order valence-electron chi connectivity index (χ3n) is 1.76. The fourth-order valence-electron chi connectivity index (χ4n) is 1.11. The number of nitrogens with two attached hydrogens (primary N) is 1. The summed E-state index contributed by atoms with van der Waals surface area (Å²) in [5.41, 5.74) is 6.27. The van der Waals surface area contributed by atoms with E-state index in [0.29, 0.717) is 16.7 Å². The largest absolute Gasteiger partial charge is 0.368 e. The van der Waals surface area contributed by atoms with E-state index in [1.165, 1.54) is 11.8 Å². The molecule has 6 nitrogen and oxygen atoms in total. The van der Waals surface area contributed by atoms with Crippen LogP contribution in [0.25, 0.3) is 11.5 Å². The van der Waals surface area contributed by atoms with Crippen LogP contribution in [-0.4, -0.2) is 31.0 Å². The van der Waals surface area contributed by atoms with Gasteiger partial charge in [0.25, 0.3) is 0 Å². The van der Waals surface area contributed by atoms with Crippen LogP contribution in [0.5, 0.6) is 0 Å². The van der Waals surface area contributed by atoms with Crippen molar-refractivity contribution < 1.29 is 0 Å². The predicted octanol–water partition coefficient (Wildman–Crippen LogP) is 0.576. The average molecular weight is 222 g/mol. The van der Waals surface area contributed by atoms with Gasteiger partial charge in [0.05, 0.1) is 0 Å². The second kappa shape index (κ2) is 3.85. The zero-order valence-electron chi connectivity index (χ0n) is 8.38. The number of aryl methyl sites for hydroxylation is 1. The molecule has 2 aromatic rings. The maximum Gasteiger partial charge on any atom is 0.224 e. The first-order chi connectivity index (χ1) is 7.19. The fourth-order valence-corrected chi connectivity index (χ4v) is 1.47. The Labute approximate surface area is 90.9 Å². The summed E-state index contributed by atoms with van der Waals surface area (Å²) >= 11 is 1.42. The van der Waals surface area contributed by atoms with Crippen LogP contribution in [0.4, 0.5) is 5.95 Å². The SMILES string of the molecule is CSc1nc(N)nc(-c2ccn(C)n2)n1. The van der Waals surface area contributed by atoms with Crippen molar-refractivity contribution in [3.63, 3.8) is 0 Å². The molecule has 0 radical (unpaired) electrons. The van der Waals surface area contributed by atoms with Crippen LogP contribution in [0.2, 0.25) is 0 Å². The van der Waals surface area contributed by atoms with Crippen molar-refractivity contribution in [2.45, 2.75) is 5.16 Å². The number of aromatic nitrogens is 5. The quantitative estimate of drug-likeness (QED) is 0.748. The van der Waals surface area contributed by atoms with Crippen LogP contribution in [0.1, 0.15) is 0 Å². The van der Waals surface area contributed by atoms with Crippen molar-refractivity contribution in [1.29, 1.82) is 0 Å². The van der Waals surface area contributed by atoms with E-state index >= 15 is 0 Å². The van der Waals surface area contributed by atoms with Crippen LogP contribution >= 0.6 is 11.8 Å². The highest BCUT2D eigenvalue weighted by atomic mass is 32.2. The number of nitrogen functional groups attached to an aromatic ring is 1. The fraction of sp³-hybridized carbons (Fsp3) is 0.250. The molecule has 0 aliphatic carbocycles. The van der Waals surface area contributed by atoms with Crippen LogP contribution in [-0.2, 0) is 7.05 Å². The number of hydrogen-bond donors (Lipinski definition) is 1. The first-order valence-corrected chi connectivity index (χ1v) is 5.47. The van der Waals surface area contributed by atoms with E-state index in [4.69, 9.17) is 5.73 Å². The van der Waals surface area contributed by atoms with Crippen LogP contribution in [0.15, 0.2) is 17.4 Å². The summed E-state index contributed by atoms with van der Waals surface area (Å²) in [5, 5.41) is 4.80. The second-order valence-corrected chi connectivity index (χ2v) is 3.65. The smallest absolute Gasteiger partial charge is 0.224 e. The van der Waals surface area contributed by atoms with Gasteiger partial charge >= 0.3 is 0 Å².